The van der Waals surface area contributed by atoms with Gasteiger partial charge in [-0.25, -0.2) is 14.8 Å². The molecule has 0 aliphatic carbocycles. The van der Waals surface area contributed by atoms with E-state index >= 15 is 0 Å². The average Bonchev–Trinajstić information content (AvgIpc) is 3.28. The third-order valence-corrected chi connectivity index (χ3v) is 5.65. The molecule has 2 aliphatic rings. The number of fused-ring (bicyclic) bond motifs is 1. The van der Waals surface area contributed by atoms with Crippen molar-refractivity contribution in [2.24, 2.45) is 0 Å². The molecule has 2 aromatic heterocycles. The van der Waals surface area contributed by atoms with E-state index in [2.05, 4.69) is 15.1 Å². The lowest BCUT2D eigenvalue weighted by Crippen LogP contribution is -2.47. The van der Waals surface area contributed by atoms with E-state index in [1.54, 1.807) is 34.5 Å². The fourth-order valence-electron chi connectivity index (χ4n) is 3.99. The van der Waals surface area contributed by atoms with Crippen molar-refractivity contribution in [2.75, 3.05) is 23.4 Å². The van der Waals surface area contributed by atoms with Gasteiger partial charge in [-0.2, -0.15) is 5.10 Å². The van der Waals surface area contributed by atoms with Gasteiger partial charge in [0.05, 0.1) is 42.8 Å². The van der Waals surface area contributed by atoms with Gasteiger partial charge in [0.25, 0.3) is 0 Å². The highest BCUT2D eigenvalue weighted by Gasteiger charge is 2.38. The highest BCUT2D eigenvalue weighted by Crippen LogP contribution is 2.32. The first-order valence-corrected chi connectivity index (χ1v) is 10.5. The first-order valence-electron chi connectivity index (χ1n) is 10.5. The molecule has 10 nitrogen and oxygen atoms in total. The van der Waals surface area contributed by atoms with E-state index < -0.39 is 5.60 Å². The van der Waals surface area contributed by atoms with Crippen molar-refractivity contribution in [1.82, 2.24) is 24.6 Å². The summed E-state index contributed by atoms with van der Waals surface area (Å²) in [6.07, 6.45) is 5.11. The molecule has 0 radical (unpaired) electrons. The molecule has 2 atom stereocenters. The lowest BCUT2D eigenvalue weighted by molar-refractivity contribution is -0.117. The number of aromatic nitrogens is 4. The predicted molar refractivity (Wildman–Crippen MR) is 115 cm³/mol. The molecule has 1 saturated heterocycles. The van der Waals surface area contributed by atoms with Crippen molar-refractivity contribution >= 4 is 23.6 Å². The summed E-state index contributed by atoms with van der Waals surface area (Å²) >= 11 is 0. The second kappa shape index (κ2) is 7.82. The number of nitrogens with zero attached hydrogens (tertiary/aromatic N) is 7. The quantitative estimate of drug-likeness (QED) is 0.740. The fourth-order valence-corrected chi connectivity index (χ4v) is 3.99. The van der Waals surface area contributed by atoms with Crippen molar-refractivity contribution in [1.29, 1.82) is 0 Å². The summed E-state index contributed by atoms with van der Waals surface area (Å²) in [5.41, 5.74) is 1.02. The van der Waals surface area contributed by atoms with Gasteiger partial charge in [-0.1, -0.05) is 0 Å². The number of rotatable bonds is 3. The summed E-state index contributed by atoms with van der Waals surface area (Å²) in [4.78, 5) is 39.6. The molecule has 1 fully saturated rings. The van der Waals surface area contributed by atoms with Gasteiger partial charge < -0.3 is 14.5 Å². The number of hydrogen-bond donors (Lipinski definition) is 0. The molecule has 0 bridgehead atoms. The maximum atomic E-state index is 12.9. The number of amides is 2. The van der Waals surface area contributed by atoms with Crippen molar-refractivity contribution < 1.29 is 14.3 Å². The van der Waals surface area contributed by atoms with Crippen LogP contribution in [0, 0.1) is 0 Å². The lowest BCUT2D eigenvalue weighted by atomic mass is 10.2. The molecular weight excluding hydrogens is 398 g/mol. The minimum atomic E-state index is -0.570. The third kappa shape index (κ3) is 4.19. The largest absolute Gasteiger partial charge is 0.444 e. The Morgan fingerprint density at radius 3 is 2.61 bits per heavy atom. The minimum absolute atomic E-state index is 0.0195. The Balaban J connectivity index is 1.54. The second-order valence-corrected chi connectivity index (χ2v) is 9.14. The molecule has 1 unspecified atom stereocenters. The Morgan fingerprint density at radius 2 is 1.94 bits per heavy atom. The zero-order valence-corrected chi connectivity index (χ0v) is 18.6. The minimum Gasteiger partial charge on any atom is -0.444 e. The highest BCUT2D eigenvalue weighted by atomic mass is 16.6. The standard InChI is InChI=1S/C21H29N7O3/c1-14-11-28-17(13-26(14)20(30)31-21(2,3)4)16(10-24-28)27-12-15(9-18(27)29)25(5)19-22-7-6-8-23-19/h6-8,10,14-15H,9,11-13H2,1-5H3/t14-,15?/m0/s1. The van der Waals surface area contributed by atoms with Gasteiger partial charge in [-0.15, -0.1) is 0 Å². The molecule has 4 heterocycles. The zero-order chi connectivity index (χ0) is 22.3. The van der Waals surface area contributed by atoms with Gasteiger partial charge in [0.15, 0.2) is 0 Å². The first kappa shape index (κ1) is 21.1. The normalized spacial score (nSPS) is 21.3. The number of ether oxygens (including phenoxy) is 1. The monoisotopic (exact) mass is 427 g/mol. The van der Waals surface area contributed by atoms with E-state index in [9.17, 15) is 9.59 Å². The zero-order valence-electron chi connectivity index (χ0n) is 18.6. The van der Waals surface area contributed by atoms with Crippen LogP contribution in [0.5, 0.6) is 0 Å². The Labute approximate surface area is 181 Å². The van der Waals surface area contributed by atoms with Gasteiger partial charge in [-0.05, 0) is 33.8 Å². The predicted octanol–water partition coefficient (Wildman–Crippen LogP) is 2.05. The Morgan fingerprint density at radius 1 is 1.23 bits per heavy atom. The molecule has 10 heteroatoms. The van der Waals surface area contributed by atoms with Crippen molar-refractivity contribution in [3.63, 3.8) is 0 Å². The van der Waals surface area contributed by atoms with E-state index in [1.165, 1.54) is 0 Å². The molecule has 31 heavy (non-hydrogen) atoms. The molecule has 0 spiro atoms. The molecule has 2 aromatic rings. The number of anilines is 2. The van der Waals surface area contributed by atoms with Crippen molar-refractivity contribution in [3.8, 4) is 0 Å². The third-order valence-electron chi connectivity index (χ3n) is 5.65. The summed E-state index contributed by atoms with van der Waals surface area (Å²) in [7, 11) is 1.90. The number of carbonyl (C=O) groups excluding carboxylic acids is 2. The first-order chi connectivity index (χ1) is 14.6. The van der Waals surface area contributed by atoms with Gasteiger partial charge in [-0.3, -0.25) is 14.4 Å². The van der Waals surface area contributed by atoms with Gasteiger partial charge in [0.1, 0.15) is 5.60 Å². The molecule has 166 valence electrons. The van der Waals surface area contributed by atoms with E-state index in [0.717, 1.165) is 11.4 Å². The molecule has 4 rings (SSSR count). The molecule has 2 aliphatic heterocycles. The van der Waals surface area contributed by atoms with E-state index in [0.29, 0.717) is 32.0 Å². The van der Waals surface area contributed by atoms with Crippen LogP contribution in [0.1, 0.15) is 39.8 Å². The van der Waals surface area contributed by atoms with Crippen molar-refractivity contribution in [2.45, 2.75) is 64.9 Å². The summed E-state index contributed by atoms with van der Waals surface area (Å²) in [6, 6.07) is 1.66. The average molecular weight is 428 g/mol. The van der Waals surface area contributed by atoms with E-state index in [1.807, 2.05) is 44.3 Å². The summed E-state index contributed by atoms with van der Waals surface area (Å²) in [6.45, 7) is 8.94. The van der Waals surface area contributed by atoms with Gasteiger partial charge >= 0.3 is 6.09 Å². The lowest BCUT2D eigenvalue weighted by Gasteiger charge is -2.36. The Bertz CT molecular complexity index is 969. The van der Waals surface area contributed by atoms with Crippen LogP contribution in [0.3, 0.4) is 0 Å². The number of hydrogen-bond acceptors (Lipinski definition) is 7. The van der Waals surface area contributed by atoms with Crippen LogP contribution in [-0.2, 0) is 22.6 Å². The van der Waals surface area contributed by atoms with Gasteiger partial charge in [0.2, 0.25) is 11.9 Å². The van der Waals surface area contributed by atoms with Crippen LogP contribution < -0.4 is 9.80 Å². The molecule has 0 saturated carbocycles. The molecular formula is C21H29N7O3. The number of likely N-dealkylation sites (N-methyl/N-ethyl adjacent to an activating group) is 1. The van der Waals surface area contributed by atoms with Crippen LogP contribution in [0.15, 0.2) is 24.7 Å². The SMILES string of the molecule is C[C@H]1Cn2ncc(N3CC(N(C)c4ncccn4)CC3=O)c2CN1C(=O)OC(C)(C)C. The van der Waals surface area contributed by atoms with Crippen LogP contribution >= 0.6 is 0 Å². The fraction of sp³-hybridized carbons (Fsp3) is 0.571. The van der Waals surface area contributed by atoms with Crippen LogP contribution in [-0.4, -0.2) is 67.9 Å². The number of carbonyl (C=O) groups is 2. The molecule has 0 aromatic carbocycles. The summed E-state index contributed by atoms with van der Waals surface area (Å²) in [5.74, 6) is 0.607. The van der Waals surface area contributed by atoms with Crippen LogP contribution in [0.4, 0.5) is 16.4 Å². The van der Waals surface area contributed by atoms with E-state index in [4.69, 9.17) is 4.74 Å². The maximum absolute atomic E-state index is 12.9. The van der Waals surface area contributed by atoms with Crippen LogP contribution in [0.25, 0.3) is 0 Å². The summed E-state index contributed by atoms with van der Waals surface area (Å²) < 4.78 is 7.46. The Hall–Kier alpha value is -3.17. The second-order valence-electron chi connectivity index (χ2n) is 9.14. The van der Waals surface area contributed by atoms with E-state index in [-0.39, 0.29) is 24.1 Å². The van der Waals surface area contributed by atoms with Crippen molar-refractivity contribution in [3.05, 3.63) is 30.4 Å². The molecule has 2 amide bonds. The van der Waals surface area contributed by atoms with Gasteiger partial charge in [0, 0.05) is 32.4 Å². The van der Waals surface area contributed by atoms with Crippen LogP contribution in [0.2, 0.25) is 0 Å². The topological polar surface area (TPSA) is 96.7 Å². The Kier molecular flexibility index (Phi) is 5.32. The summed E-state index contributed by atoms with van der Waals surface area (Å²) in [5, 5.41) is 4.49. The smallest absolute Gasteiger partial charge is 0.410 e. The molecule has 0 N–H and O–H groups in total. The maximum Gasteiger partial charge on any atom is 0.410 e. The highest BCUT2D eigenvalue weighted by molar-refractivity contribution is 5.97.